The molecule has 3 rings (SSSR count). The second kappa shape index (κ2) is 8.82. The van der Waals surface area contributed by atoms with Gasteiger partial charge in [-0.1, -0.05) is 38.1 Å². The number of rotatable bonds is 6. The molecule has 5 heteroatoms. The molecule has 4 nitrogen and oxygen atoms in total. The monoisotopic (exact) mass is 369 g/mol. The second-order valence-corrected chi connectivity index (χ2v) is 6.86. The molecule has 1 aliphatic rings. The maximum Gasteiger partial charge on any atom is 0.244 e. The van der Waals surface area contributed by atoms with Gasteiger partial charge in [-0.3, -0.25) is 4.79 Å². The van der Waals surface area contributed by atoms with Crippen molar-refractivity contribution in [1.82, 2.24) is 5.32 Å². The molecule has 0 spiro atoms. The van der Waals surface area contributed by atoms with Crippen LogP contribution in [0.25, 0.3) is 6.08 Å². The maximum absolute atomic E-state index is 13.7. The average molecular weight is 369 g/mol. The highest BCUT2D eigenvalue weighted by Gasteiger charge is 2.16. The van der Waals surface area contributed by atoms with Gasteiger partial charge >= 0.3 is 0 Å². The second-order valence-electron chi connectivity index (χ2n) is 6.86. The first-order valence-corrected chi connectivity index (χ1v) is 9.10. The van der Waals surface area contributed by atoms with Crippen molar-refractivity contribution < 1.29 is 18.7 Å². The number of fused-ring (bicyclic) bond motifs is 1. The molecule has 0 bridgehead atoms. The van der Waals surface area contributed by atoms with Crippen LogP contribution in [0.3, 0.4) is 0 Å². The summed E-state index contributed by atoms with van der Waals surface area (Å²) in [6.07, 6.45) is 3.78. The molecule has 0 radical (unpaired) electrons. The van der Waals surface area contributed by atoms with Crippen molar-refractivity contribution in [2.45, 2.75) is 32.8 Å². The van der Waals surface area contributed by atoms with Gasteiger partial charge in [0, 0.05) is 18.2 Å². The molecule has 0 aliphatic carbocycles. The van der Waals surface area contributed by atoms with Crippen molar-refractivity contribution in [3.8, 4) is 5.75 Å². The summed E-state index contributed by atoms with van der Waals surface area (Å²) in [7, 11) is 0. The van der Waals surface area contributed by atoms with Crippen LogP contribution in [0.5, 0.6) is 5.75 Å². The first kappa shape index (κ1) is 19.1. The van der Waals surface area contributed by atoms with E-state index in [9.17, 15) is 9.18 Å². The molecule has 1 amide bonds. The highest BCUT2D eigenvalue weighted by Crippen LogP contribution is 2.29. The van der Waals surface area contributed by atoms with Gasteiger partial charge in [0.1, 0.15) is 11.6 Å². The maximum atomic E-state index is 13.7. The average Bonchev–Trinajstić information content (AvgIpc) is 2.66. The minimum Gasteiger partial charge on any atom is -0.467 e. The Morgan fingerprint density at radius 1 is 1.26 bits per heavy atom. The zero-order valence-electron chi connectivity index (χ0n) is 15.6. The summed E-state index contributed by atoms with van der Waals surface area (Å²) in [4.78, 5) is 12.0. The number of benzene rings is 2. The molecule has 0 saturated heterocycles. The van der Waals surface area contributed by atoms with Crippen molar-refractivity contribution in [2.24, 2.45) is 0 Å². The smallest absolute Gasteiger partial charge is 0.244 e. The number of halogens is 1. The summed E-state index contributed by atoms with van der Waals surface area (Å²) in [5.41, 5.74) is 3.68. The summed E-state index contributed by atoms with van der Waals surface area (Å²) < 4.78 is 24.4. The fourth-order valence-corrected chi connectivity index (χ4v) is 2.99. The van der Waals surface area contributed by atoms with E-state index in [-0.39, 0.29) is 18.5 Å². The van der Waals surface area contributed by atoms with E-state index in [0.29, 0.717) is 36.8 Å². The molecular weight excluding hydrogens is 345 g/mol. The van der Waals surface area contributed by atoms with Crippen molar-refractivity contribution in [3.05, 3.63) is 70.5 Å². The van der Waals surface area contributed by atoms with Gasteiger partial charge in [0.05, 0.1) is 6.61 Å². The molecule has 2 aromatic rings. The van der Waals surface area contributed by atoms with Gasteiger partial charge in [-0.05, 0) is 47.2 Å². The van der Waals surface area contributed by atoms with Crippen molar-refractivity contribution in [2.75, 3.05) is 13.3 Å². The minimum atomic E-state index is -0.325. The number of amides is 1. The quantitative estimate of drug-likeness (QED) is 0.777. The molecular formula is C22H24FNO3. The Morgan fingerprint density at radius 2 is 2.04 bits per heavy atom. The zero-order valence-corrected chi connectivity index (χ0v) is 15.6. The molecule has 1 aliphatic heterocycles. The fraction of sp³-hybridized carbons (Fsp3) is 0.318. The van der Waals surface area contributed by atoms with E-state index in [4.69, 9.17) is 9.47 Å². The molecule has 2 aromatic carbocycles. The van der Waals surface area contributed by atoms with Gasteiger partial charge in [-0.2, -0.15) is 0 Å². The SMILES string of the molecule is CC(C)c1ccc(/C=C/C(=O)NCCc2cc(F)cc3c2OCOC3)cc1. The summed E-state index contributed by atoms with van der Waals surface area (Å²) in [5, 5.41) is 2.82. The summed E-state index contributed by atoms with van der Waals surface area (Å²) in [6.45, 7) is 5.19. The molecule has 27 heavy (non-hydrogen) atoms. The van der Waals surface area contributed by atoms with E-state index >= 15 is 0 Å². The van der Waals surface area contributed by atoms with Crippen LogP contribution in [0, 0.1) is 5.82 Å². The lowest BCUT2D eigenvalue weighted by Gasteiger charge is -2.20. The number of hydrogen-bond acceptors (Lipinski definition) is 3. The van der Waals surface area contributed by atoms with E-state index in [1.165, 1.54) is 23.8 Å². The predicted octanol–water partition coefficient (Wildman–Crippen LogP) is 4.19. The molecule has 0 fully saturated rings. The Morgan fingerprint density at radius 3 is 2.78 bits per heavy atom. The number of hydrogen-bond donors (Lipinski definition) is 1. The van der Waals surface area contributed by atoms with E-state index in [1.54, 1.807) is 6.08 Å². The topological polar surface area (TPSA) is 47.6 Å². The van der Waals surface area contributed by atoms with E-state index in [1.807, 2.05) is 12.1 Å². The third-order valence-corrected chi connectivity index (χ3v) is 4.48. The number of nitrogens with one attached hydrogen (secondary N) is 1. The molecule has 1 heterocycles. The summed E-state index contributed by atoms with van der Waals surface area (Å²) in [5.74, 6) is 0.638. The third-order valence-electron chi connectivity index (χ3n) is 4.48. The predicted molar refractivity (Wildman–Crippen MR) is 103 cm³/mol. The van der Waals surface area contributed by atoms with Crippen LogP contribution < -0.4 is 10.1 Å². The Labute approximate surface area is 159 Å². The van der Waals surface area contributed by atoms with E-state index < -0.39 is 0 Å². The lowest BCUT2D eigenvalue weighted by Crippen LogP contribution is -2.24. The molecule has 142 valence electrons. The third kappa shape index (κ3) is 5.17. The molecule has 0 atom stereocenters. The van der Waals surface area contributed by atoms with Gasteiger partial charge < -0.3 is 14.8 Å². The van der Waals surface area contributed by atoms with Gasteiger partial charge in [-0.15, -0.1) is 0 Å². The molecule has 0 saturated carbocycles. The molecule has 1 N–H and O–H groups in total. The van der Waals surface area contributed by atoms with Crippen LogP contribution in [0.4, 0.5) is 4.39 Å². The van der Waals surface area contributed by atoms with Crippen molar-refractivity contribution in [1.29, 1.82) is 0 Å². The largest absolute Gasteiger partial charge is 0.467 e. The number of carbonyl (C=O) groups is 1. The Kier molecular flexibility index (Phi) is 6.24. The Bertz CT molecular complexity index is 828. The minimum absolute atomic E-state index is 0.163. The van der Waals surface area contributed by atoms with E-state index in [0.717, 1.165) is 11.1 Å². The Hall–Kier alpha value is -2.66. The number of carbonyl (C=O) groups excluding carboxylic acids is 1. The normalized spacial score (nSPS) is 13.5. The highest BCUT2D eigenvalue weighted by molar-refractivity contribution is 5.91. The van der Waals surface area contributed by atoms with Gasteiger partial charge in [-0.25, -0.2) is 4.39 Å². The zero-order chi connectivity index (χ0) is 19.2. The van der Waals surface area contributed by atoms with Crippen LogP contribution in [0.2, 0.25) is 0 Å². The van der Waals surface area contributed by atoms with Crippen LogP contribution in [0.15, 0.2) is 42.5 Å². The summed E-state index contributed by atoms with van der Waals surface area (Å²) >= 11 is 0. The van der Waals surface area contributed by atoms with Crippen LogP contribution in [0.1, 0.15) is 42.0 Å². The molecule has 0 aromatic heterocycles. The van der Waals surface area contributed by atoms with E-state index in [2.05, 4.69) is 31.3 Å². The van der Waals surface area contributed by atoms with Gasteiger partial charge in [0.2, 0.25) is 5.91 Å². The highest BCUT2D eigenvalue weighted by atomic mass is 19.1. The van der Waals surface area contributed by atoms with Crippen LogP contribution in [-0.4, -0.2) is 19.2 Å². The van der Waals surface area contributed by atoms with Crippen molar-refractivity contribution >= 4 is 12.0 Å². The first-order valence-electron chi connectivity index (χ1n) is 9.10. The fourth-order valence-electron chi connectivity index (χ4n) is 2.99. The lowest BCUT2D eigenvalue weighted by molar-refractivity contribution is -0.116. The molecule has 0 unspecified atom stereocenters. The van der Waals surface area contributed by atoms with Crippen LogP contribution >= 0.6 is 0 Å². The lowest BCUT2D eigenvalue weighted by atomic mass is 10.0. The van der Waals surface area contributed by atoms with Crippen LogP contribution in [-0.2, 0) is 22.6 Å². The first-order chi connectivity index (χ1) is 13.0. The van der Waals surface area contributed by atoms with Gasteiger partial charge in [0.15, 0.2) is 6.79 Å². The standard InChI is InChI=1S/C22H24FNO3/c1-15(2)17-6-3-16(4-7-17)5-8-21(25)24-10-9-18-11-20(23)12-19-13-26-14-27-22(18)19/h3-8,11-12,15H,9-10,13-14H2,1-2H3,(H,24,25)/b8-5+. The Balaban J connectivity index is 1.53. The van der Waals surface area contributed by atoms with Crippen molar-refractivity contribution in [3.63, 3.8) is 0 Å². The van der Waals surface area contributed by atoms with Gasteiger partial charge in [0.25, 0.3) is 0 Å². The number of ether oxygens (including phenoxy) is 2. The summed E-state index contributed by atoms with van der Waals surface area (Å²) in [6, 6.07) is 11.0.